The molecule has 1 aliphatic rings. The highest BCUT2D eigenvalue weighted by atomic mass is 16.2. The maximum Gasteiger partial charge on any atom is 0.224 e. The van der Waals surface area contributed by atoms with Crippen LogP contribution in [0.15, 0.2) is 60.7 Å². The SMILES string of the molecule is Cc1nc([C@H](NC(=O)[C@H]2C[C@@H]2c2ccccc2)c2ccccc2)n[nH]1. The molecule has 0 aliphatic heterocycles. The Hall–Kier alpha value is -2.95. The lowest BCUT2D eigenvalue weighted by molar-refractivity contribution is -0.123. The van der Waals surface area contributed by atoms with Gasteiger partial charge in [0, 0.05) is 5.92 Å². The van der Waals surface area contributed by atoms with E-state index in [2.05, 4.69) is 32.6 Å². The van der Waals surface area contributed by atoms with E-state index >= 15 is 0 Å². The average Bonchev–Trinajstić information content (AvgIpc) is 3.35. The number of aromatic amines is 1. The number of benzene rings is 2. The van der Waals surface area contributed by atoms with Crippen LogP contribution in [0.5, 0.6) is 0 Å². The van der Waals surface area contributed by atoms with Gasteiger partial charge < -0.3 is 5.32 Å². The molecule has 126 valence electrons. The highest BCUT2D eigenvalue weighted by molar-refractivity contribution is 5.83. The zero-order chi connectivity index (χ0) is 17.2. The number of nitrogens with one attached hydrogen (secondary N) is 2. The smallest absolute Gasteiger partial charge is 0.224 e. The molecule has 4 rings (SSSR count). The first-order valence-corrected chi connectivity index (χ1v) is 8.51. The molecule has 25 heavy (non-hydrogen) atoms. The van der Waals surface area contributed by atoms with Crippen LogP contribution in [0.3, 0.4) is 0 Å². The van der Waals surface area contributed by atoms with Crippen molar-refractivity contribution in [3.63, 3.8) is 0 Å². The van der Waals surface area contributed by atoms with E-state index in [1.54, 1.807) is 0 Å². The molecule has 2 aromatic carbocycles. The summed E-state index contributed by atoms with van der Waals surface area (Å²) < 4.78 is 0. The Bertz CT molecular complexity index is 860. The van der Waals surface area contributed by atoms with Gasteiger partial charge in [-0.1, -0.05) is 60.7 Å². The van der Waals surface area contributed by atoms with Crippen molar-refractivity contribution < 1.29 is 4.79 Å². The van der Waals surface area contributed by atoms with Crippen LogP contribution in [0, 0.1) is 12.8 Å². The van der Waals surface area contributed by atoms with Gasteiger partial charge in [-0.15, -0.1) is 0 Å². The van der Waals surface area contributed by atoms with Crippen LogP contribution in [0.1, 0.15) is 41.2 Å². The van der Waals surface area contributed by atoms with Crippen molar-refractivity contribution in [3.05, 3.63) is 83.4 Å². The van der Waals surface area contributed by atoms with Gasteiger partial charge in [-0.3, -0.25) is 9.89 Å². The molecule has 1 saturated carbocycles. The summed E-state index contributed by atoms with van der Waals surface area (Å²) in [5.74, 6) is 1.72. The number of hydrogen-bond donors (Lipinski definition) is 2. The van der Waals surface area contributed by atoms with Gasteiger partial charge in [0.15, 0.2) is 5.82 Å². The summed E-state index contributed by atoms with van der Waals surface area (Å²) in [6.07, 6.45) is 0.893. The fraction of sp³-hybridized carbons (Fsp3) is 0.250. The molecule has 0 bridgehead atoms. The molecule has 1 aromatic heterocycles. The quantitative estimate of drug-likeness (QED) is 0.754. The Balaban J connectivity index is 1.52. The van der Waals surface area contributed by atoms with E-state index in [4.69, 9.17) is 0 Å². The van der Waals surface area contributed by atoms with E-state index in [1.807, 2.05) is 55.5 Å². The summed E-state index contributed by atoms with van der Waals surface area (Å²) in [5, 5.41) is 10.3. The van der Waals surface area contributed by atoms with Gasteiger partial charge in [0.1, 0.15) is 11.9 Å². The Morgan fingerprint density at radius 3 is 2.44 bits per heavy atom. The predicted molar refractivity (Wildman–Crippen MR) is 94.8 cm³/mol. The van der Waals surface area contributed by atoms with Crippen molar-refractivity contribution in [2.75, 3.05) is 0 Å². The first-order valence-electron chi connectivity index (χ1n) is 8.51. The number of amides is 1. The number of hydrogen-bond acceptors (Lipinski definition) is 3. The highest BCUT2D eigenvalue weighted by Crippen LogP contribution is 2.47. The first kappa shape index (κ1) is 15.6. The Morgan fingerprint density at radius 1 is 1.12 bits per heavy atom. The molecule has 1 heterocycles. The van der Waals surface area contributed by atoms with Crippen LogP contribution in [-0.4, -0.2) is 21.1 Å². The van der Waals surface area contributed by atoms with Crippen LogP contribution in [0.2, 0.25) is 0 Å². The van der Waals surface area contributed by atoms with Gasteiger partial charge in [-0.25, -0.2) is 4.98 Å². The van der Waals surface area contributed by atoms with Crippen molar-refractivity contribution >= 4 is 5.91 Å². The molecule has 1 aliphatic carbocycles. The van der Waals surface area contributed by atoms with Gasteiger partial charge in [0.05, 0.1) is 0 Å². The molecule has 0 radical (unpaired) electrons. The normalized spacial score (nSPS) is 20.0. The van der Waals surface area contributed by atoms with E-state index in [0.29, 0.717) is 11.7 Å². The second-order valence-corrected chi connectivity index (χ2v) is 6.49. The zero-order valence-corrected chi connectivity index (χ0v) is 14.0. The third-order valence-electron chi connectivity index (χ3n) is 4.65. The Kier molecular flexibility index (Phi) is 4.06. The number of aromatic nitrogens is 3. The van der Waals surface area contributed by atoms with Crippen LogP contribution in [-0.2, 0) is 4.79 Å². The summed E-state index contributed by atoms with van der Waals surface area (Å²) in [4.78, 5) is 17.2. The molecule has 0 saturated heterocycles. The number of aryl methyl sites for hydroxylation is 1. The number of carbonyl (C=O) groups is 1. The third kappa shape index (κ3) is 3.31. The molecule has 3 atom stereocenters. The molecule has 5 heteroatoms. The summed E-state index contributed by atoms with van der Waals surface area (Å²) in [6.45, 7) is 1.85. The summed E-state index contributed by atoms with van der Waals surface area (Å²) in [5.41, 5.74) is 2.21. The minimum atomic E-state index is -0.337. The second-order valence-electron chi connectivity index (χ2n) is 6.49. The van der Waals surface area contributed by atoms with Crippen molar-refractivity contribution in [1.82, 2.24) is 20.5 Å². The molecular formula is C20H20N4O. The van der Waals surface area contributed by atoms with E-state index in [9.17, 15) is 4.79 Å². The Labute approximate surface area is 146 Å². The van der Waals surface area contributed by atoms with Crippen molar-refractivity contribution in [1.29, 1.82) is 0 Å². The second kappa shape index (κ2) is 6.51. The minimum Gasteiger partial charge on any atom is -0.342 e. The lowest BCUT2D eigenvalue weighted by Crippen LogP contribution is -2.31. The highest BCUT2D eigenvalue weighted by Gasteiger charge is 2.44. The molecule has 1 amide bonds. The van der Waals surface area contributed by atoms with E-state index < -0.39 is 0 Å². The van der Waals surface area contributed by atoms with Gasteiger partial charge in [0.2, 0.25) is 5.91 Å². The van der Waals surface area contributed by atoms with E-state index in [-0.39, 0.29) is 17.9 Å². The number of carbonyl (C=O) groups excluding carboxylic acids is 1. The fourth-order valence-corrected chi connectivity index (χ4v) is 3.23. The summed E-state index contributed by atoms with van der Waals surface area (Å²) in [6, 6.07) is 19.7. The van der Waals surface area contributed by atoms with Crippen molar-refractivity contribution in [2.45, 2.75) is 25.3 Å². The van der Waals surface area contributed by atoms with Crippen molar-refractivity contribution in [3.8, 4) is 0 Å². The molecule has 3 aromatic rings. The molecule has 2 N–H and O–H groups in total. The summed E-state index contributed by atoms with van der Waals surface area (Å²) >= 11 is 0. The molecule has 5 nitrogen and oxygen atoms in total. The van der Waals surface area contributed by atoms with Crippen LogP contribution in [0.25, 0.3) is 0 Å². The minimum absolute atomic E-state index is 0.0219. The topological polar surface area (TPSA) is 70.7 Å². The monoisotopic (exact) mass is 332 g/mol. The molecule has 0 spiro atoms. The summed E-state index contributed by atoms with van der Waals surface area (Å²) in [7, 11) is 0. The largest absolute Gasteiger partial charge is 0.342 e. The van der Waals surface area contributed by atoms with E-state index in [1.165, 1.54) is 5.56 Å². The number of rotatable bonds is 5. The van der Waals surface area contributed by atoms with Gasteiger partial charge in [0.25, 0.3) is 0 Å². The third-order valence-corrected chi connectivity index (χ3v) is 4.65. The molecular weight excluding hydrogens is 312 g/mol. The van der Waals surface area contributed by atoms with Gasteiger partial charge in [-0.05, 0) is 30.4 Å². The average molecular weight is 332 g/mol. The Morgan fingerprint density at radius 2 is 1.80 bits per heavy atom. The molecule has 1 fully saturated rings. The maximum atomic E-state index is 12.8. The van der Waals surface area contributed by atoms with Crippen LogP contribution in [0.4, 0.5) is 0 Å². The standard InChI is InChI=1S/C20H20N4O/c1-13-21-19(24-23-13)18(15-10-6-3-7-11-15)22-20(25)17-12-16(17)14-8-4-2-5-9-14/h2-11,16-18H,12H2,1H3,(H,22,25)(H,21,23,24)/t16-,17+,18-/m1/s1. The predicted octanol–water partition coefficient (Wildman–Crippen LogP) is 3.12. The number of H-pyrrole nitrogens is 1. The number of nitrogens with zero attached hydrogens (tertiary/aromatic N) is 2. The first-order chi connectivity index (χ1) is 12.2. The zero-order valence-electron chi connectivity index (χ0n) is 14.0. The molecule has 0 unspecified atom stereocenters. The van der Waals surface area contributed by atoms with Crippen molar-refractivity contribution in [2.24, 2.45) is 5.92 Å². The van der Waals surface area contributed by atoms with Gasteiger partial charge in [-0.2, -0.15) is 5.10 Å². The lowest BCUT2D eigenvalue weighted by Gasteiger charge is -2.16. The van der Waals surface area contributed by atoms with Crippen LogP contribution >= 0.6 is 0 Å². The fourth-order valence-electron chi connectivity index (χ4n) is 3.23. The van der Waals surface area contributed by atoms with E-state index in [0.717, 1.165) is 17.8 Å². The lowest BCUT2D eigenvalue weighted by atomic mass is 10.1. The van der Waals surface area contributed by atoms with Gasteiger partial charge >= 0.3 is 0 Å². The van der Waals surface area contributed by atoms with Crippen LogP contribution < -0.4 is 5.32 Å². The maximum absolute atomic E-state index is 12.8.